The van der Waals surface area contributed by atoms with Crippen LogP contribution in [0.2, 0.25) is 0 Å². The minimum atomic E-state index is -1.04. The first-order valence-corrected chi connectivity index (χ1v) is 7.19. The lowest BCUT2D eigenvalue weighted by Crippen LogP contribution is -2.33. The van der Waals surface area contributed by atoms with E-state index in [0.29, 0.717) is 17.8 Å². The number of pyridine rings is 1. The number of para-hydroxylation sites is 1. The summed E-state index contributed by atoms with van der Waals surface area (Å²) in [6.45, 7) is 2.50. The van der Waals surface area contributed by atoms with Crippen LogP contribution in [-0.2, 0) is 0 Å². The molecule has 0 atom stereocenters. The van der Waals surface area contributed by atoms with Crippen molar-refractivity contribution in [2.45, 2.75) is 19.8 Å². The highest BCUT2D eigenvalue weighted by Gasteiger charge is 2.21. The third kappa shape index (κ3) is 3.49. The Morgan fingerprint density at radius 1 is 1.14 bits per heavy atom. The predicted octanol–water partition coefficient (Wildman–Crippen LogP) is 3.23. The first kappa shape index (κ1) is 15.7. The van der Waals surface area contributed by atoms with Crippen molar-refractivity contribution in [3.8, 4) is 0 Å². The van der Waals surface area contributed by atoms with Gasteiger partial charge in [0.1, 0.15) is 0 Å². The van der Waals surface area contributed by atoms with Crippen molar-refractivity contribution < 1.29 is 14.7 Å². The number of unbranched alkanes of at least 4 members (excludes halogenated alkanes) is 1. The van der Waals surface area contributed by atoms with Gasteiger partial charge in [0, 0.05) is 24.5 Å². The van der Waals surface area contributed by atoms with Crippen LogP contribution in [-0.4, -0.2) is 28.5 Å². The van der Waals surface area contributed by atoms with Crippen molar-refractivity contribution in [1.29, 1.82) is 0 Å². The Balaban J connectivity index is 2.43. The average molecular weight is 298 g/mol. The maximum Gasteiger partial charge on any atom is 0.337 e. The Labute approximate surface area is 129 Å². The third-order valence-corrected chi connectivity index (χ3v) is 3.33. The van der Waals surface area contributed by atoms with Crippen molar-refractivity contribution in [3.63, 3.8) is 0 Å². The van der Waals surface area contributed by atoms with Crippen molar-refractivity contribution in [2.24, 2.45) is 0 Å². The number of hydrogen-bond donors (Lipinski definition) is 1. The highest BCUT2D eigenvalue weighted by Crippen LogP contribution is 2.23. The summed E-state index contributed by atoms with van der Waals surface area (Å²) in [7, 11) is 0. The molecule has 0 radical (unpaired) electrons. The first-order chi connectivity index (χ1) is 10.6. The number of carboxylic acid groups (broad SMARTS) is 1. The molecule has 2 rings (SSSR count). The molecule has 1 aromatic heterocycles. The predicted molar refractivity (Wildman–Crippen MR) is 84.2 cm³/mol. The molecule has 2 aromatic rings. The fraction of sp³-hybridized carbons (Fsp3) is 0.235. The van der Waals surface area contributed by atoms with Gasteiger partial charge < -0.3 is 10.0 Å². The van der Waals surface area contributed by atoms with Crippen molar-refractivity contribution in [1.82, 2.24) is 4.98 Å². The molecule has 114 valence electrons. The van der Waals surface area contributed by atoms with E-state index in [1.165, 1.54) is 11.0 Å². The molecule has 0 fully saturated rings. The second-order valence-corrected chi connectivity index (χ2v) is 4.87. The molecule has 1 N–H and O–H groups in total. The first-order valence-electron chi connectivity index (χ1n) is 7.19. The van der Waals surface area contributed by atoms with Gasteiger partial charge in [-0.05, 0) is 30.7 Å². The molecule has 5 heteroatoms. The largest absolute Gasteiger partial charge is 0.478 e. The van der Waals surface area contributed by atoms with Crippen LogP contribution in [0.5, 0.6) is 0 Å². The molecule has 0 spiro atoms. The second-order valence-electron chi connectivity index (χ2n) is 4.87. The molecule has 5 nitrogen and oxygen atoms in total. The molecule has 1 aromatic carbocycles. The van der Waals surface area contributed by atoms with Crippen LogP contribution in [0.3, 0.4) is 0 Å². The monoisotopic (exact) mass is 298 g/mol. The van der Waals surface area contributed by atoms with Crippen molar-refractivity contribution in [2.75, 3.05) is 11.4 Å². The summed E-state index contributed by atoms with van der Waals surface area (Å²) in [5.41, 5.74) is 1.04. The van der Waals surface area contributed by atoms with Crippen LogP contribution in [0.15, 0.2) is 48.8 Å². The Bertz CT molecular complexity index is 656. The summed E-state index contributed by atoms with van der Waals surface area (Å²) in [4.78, 5) is 29.6. The number of carbonyl (C=O) groups is 2. The van der Waals surface area contributed by atoms with Gasteiger partial charge in [-0.3, -0.25) is 9.78 Å². The van der Waals surface area contributed by atoms with E-state index in [1.54, 1.807) is 42.7 Å². The van der Waals surface area contributed by atoms with Crippen LogP contribution in [0.4, 0.5) is 5.69 Å². The van der Waals surface area contributed by atoms with E-state index in [0.717, 1.165) is 12.8 Å². The summed E-state index contributed by atoms with van der Waals surface area (Å²) in [6.07, 6.45) is 4.81. The Hall–Kier alpha value is -2.69. The summed E-state index contributed by atoms with van der Waals surface area (Å²) in [5.74, 6) is -1.26. The summed E-state index contributed by atoms with van der Waals surface area (Å²) in [6, 6.07) is 9.83. The van der Waals surface area contributed by atoms with E-state index in [4.69, 9.17) is 0 Å². The van der Waals surface area contributed by atoms with Gasteiger partial charge in [0.2, 0.25) is 0 Å². The molecule has 0 aliphatic rings. The number of nitrogens with zero attached hydrogens (tertiary/aromatic N) is 2. The molecule has 0 aliphatic heterocycles. The number of carbonyl (C=O) groups excluding carboxylic acids is 1. The number of anilines is 1. The van der Waals surface area contributed by atoms with Crippen LogP contribution in [0.25, 0.3) is 0 Å². The fourth-order valence-electron chi connectivity index (χ4n) is 2.19. The van der Waals surface area contributed by atoms with Gasteiger partial charge >= 0.3 is 5.97 Å². The number of aromatic carboxylic acids is 1. The van der Waals surface area contributed by atoms with Gasteiger partial charge in [-0.25, -0.2) is 4.79 Å². The summed E-state index contributed by atoms with van der Waals surface area (Å²) >= 11 is 0. The smallest absolute Gasteiger partial charge is 0.337 e. The number of amides is 1. The molecule has 0 saturated heterocycles. The SMILES string of the molecule is CCCCN(C(=O)c1ccncc1)c1ccccc1C(=O)O. The maximum atomic E-state index is 12.7. The highest BCUT2D eigenvalue weighted by atomic mass is 16.4. The highest BCUT2D eigenvalue weighted by molar-refractivity contribution is 6.09. The second kappa shape index (κ2) is 7.36. The van der Waals surface area contributed by atoms with Gasteiger partial charge in [-0.15, -0.1) is 0 Å². The number of rotatable bonds is 6. The molecule has 0 unspecified atom stereocenters. The lowest BCUT2D eigenvalue weighted by atomic mass is 10.1. The zero-order chi connectivity index (χ0) is 15.9. The molecule has 0 saturated carbocycles. The van der Waals surface area contributed by atoms with Crippen LogP contribution < -0.4 is 4.90 Å². The molecule has 1 heterocycles. The molecular weight excluding hydrogens is 280 g/mol. The molecule has 1 amide bonds. The fourth-order valence-corrected chi connectivity index (χ4v) is 2.19. The van der Waals surface area contributed by atoms with E-state index in [-0.39, 0.29) is 11.5 Å². The van der Waals surface area contributed by atoms with Gasteiger partial charge in [0.25, 0.3) is 5.91 Å². The third-order valence-electron chi connectivity index (χ3n) is 3.33. The number of aromatic nitrogens is 1. The number of benzene rings is 1. The van der Waals surface area contributed by atoms with Gasteiger partial charge in [0.15, 0.2) is 0 Å². The molecule has 0 bridgehead atoms. The van der Waals surface area contributed by atoms with Gasteiger partial charge in [0.05, 0.1) is 11.3 Å². The van der Waals surface area contributed by atoms with Crippen molar-refractivity contribution in [3.05, 3.63) is 59.9 Å². The Kier molecular flexibility index (Phi) is 5.25. The molecule has 0 aliphatic carbocycles. The summed E-state index contributed by atoms with van der Waals surface area (Å²) in [5, 5.41) is 9.34. The summed E-state index contributed by atoms with van der Waals surface area (Å²) < 4.78 is 0. The molecular formula is C17H18N2O3. The van der Waals surface area contributed by atoms with E-state index < -0.39 is 5.97 Å². The van der Waals surface area contributed by atoms with Gasteiger partial charge in [-0.1, -0.05) is 25.5 Å². The zero-order valence-corrected chi connectivity index (χ0v) is 12.4. The van der Waals surface area contributed by atoms with E-state index in [2.05, 4.69) is 4.98 Å². The maximum absolute atomic E-state index is 12.7. The van der Waals surface area contributed by atoms with E-state index in [9.17, 15) is 14.7 Å². The minimum absolute atomic E-state index is 0.126. The lowest BCUT2D eigenvalue weighted by molar-refractivity contribution is 0.0697. The Morgan fingerprint density at radius 2 is 1.82 bits per heavy atom. The normalized spacial score (nSPS) is 10.2. The molecule has 22 heavy (non-hydrogen) atoms. The quantitative estimate of drug-likeness (QED) is 0.889. The Morgan fingerprint density at radius 3 is 2.45 bits per heavy atom. The van der Waals surface area contributed by atoms with Crippen LogP contribution in [0.1, 0.15) is 40.5 Å². The van der Waals surface area contributed by atoms with Gasteiger partial charge in [-0.2, -0.15) is 0 Å². The topological polar surface area (TPSA) is 70.5 Å². The van der Waals surface area contributed by atoms with Crippen LogP contribution >= 0.6 is 0 Å². The zero-order valence-electron chi connectivity index (χ0n) is 12.4. The number of carboxylic acids is 1. The standard InChI is InChI=1S/C17H18N2O3/c1-2-3-12-19(16(20)13-8-10-18-11-9-13)15-7-5-4-6-14(15)17(21)22/h4-11H,2-3,12H2,1H3,(H,21,22). The van der Waals surface area contributed by atoms with Crippen LogP contribution in [0, 0.1) is 0 Å². The number of hydrogen-bond acceptors (Lipinski definition) is 3. The average Bonchev–Trinajstić information content (AvgIpc) is 2.56. The van der Waals surface area contributed by atoms with Crippen molar-refractivity contribution >= 4 is 17.6 Å². The van der Waals surface area contributed by atoms with E-state index in [1.807, 2.05) is 6.92 Å². The minimum Gasteiger partial charge on any atom is -0.478 e. The lowest BCUT2D eigenvalue weighted by Gasteiger charge is -2.24. The van der Waals surface area contributed by atoms with E-state index >= 15 is 0 Å².